The molecular formula is C21H29FN4O3. The molecule has 0 bridgehead atoms. The standard InChI is InChI=1S/C21H29FN4O3/c1-7-29-19(28)13-9-26(20(2,3)4)17-12(16(13)27)8-14(22)18(24-17)25-10-15(23)21(5,6)11-25/h8-9,15H,7,10-11,23H2,1-6H3/t15-/m0/s1. The number of carbonyl (C=O) groups is 1. The Morgan fingerprint density at radius 3 is 2.59 bits per heavy atom. The van der Waals surface area contributed by atoms with Crippen LogP contribution in [0.25, 0.3) is 11.0 Å². The van der Waals surface area contributed by atoms with Crippen LogP contribution >= 0.6 is 0 Å². The highest BCUT2D eigenvalue weighted by molar-refractivity contribution is 5.93. The van der Waals surface area contributed by atoms with Crippen LogP contribution in [0, 0.1) is 11.2 Å². The smallest absolute Gasteiger partial charge is 0.343 e. The predicted molar refractivity (Wildman–Crippen MR) is 111 cm³/mol. The van der Waals surface area contributed by atoms with Gasteiger partial charge in [0.2, 0.25) is 5.43 Å². The highest BCUT2D eigenvalue weighted by Crippen LogP contribution is 2.33. The van der Waals surface area contributed by atoms with Crippen LogP contribution in [-0.2, 0) is 10.3 Å². The van der Waals surface area contributed by atoms with Crippen molar-refractivity contribution in [3.63, 3.8) is 0 Å². The van der Waals surface area contributed by atoms with Gasteiger partial charge in [-0.25, -0.2) is 14.2 Å². The molecular weight excluding hydrogens is 375 g/mol. The SMILES string of the molecule is CCOC(=O)c1cn(C(C)(C)C)c2nc(N3C[C@H](N)C(C)(C)C3)c(F)cc2c1=O. The molecule has 3 rings (SSSR count). The number of halogens is 1. The lowest BCUT2D eigenvalue weighted by atomic mass is 9.89. The molecule has 0 spiro atoms. The van der Waals surface area contributed by atoms with Crippen molar-refractivity contribution in [3.8, 4) is 0 Å². The fraction of sp³-hybridized carbons (Fsp3) is 0.571. The van der Waals surface area contributed by atoms with Crippen molar-refractivity contribution in [2.75, 3.05) is 24.6 Å². The molecule has 29 heavy (non-hydrogen) atoms. The van der Waals surface area contributed by atoms with Crippen LogP contribution in [0.3, 0.4) is 0 Å². The zero-order valence-corrected chi connectivity index (χ0v) is 17.9. The van der Waals surface area contributed by atoms with Crippen molar-refractivity contribution in [3.05, 3.63) is 33.9 Å². The molecule has 0 aromatic carbocycles. The summed E-state index contributed by atoms with van der Waals surface area (Å²) in [5, 5.41) is 0.0504. The van der Waals surface area contributed by atoms with E-state index in [0.717, 1.165) is 0 Å². The van der Waals surface area contributed by atoms with Crippen molar-refractivity contribution in [1.82, 2.24) is 9.55 Å². The van der Waals surface area contributed by atoms with E-state index < -0.39 is 22.8 Å². The van der Waals surface area contributed by atoms with E-state index in [0.29, 0.717) is 18.7 Å². The van der Waals surface area contributed by atoms with Crippen LogP contribution in [-0.4, -0.2) is 41.3 Å². The first-order valence-electron chi connectivity index (χ1n) is 9.81. The van der Waals surface area contributed by atoms with Gasteiger partial charge in [0.25, 0.3) is 0 Å². The van der Waals surface area contributed by atoms with Crippen molar-refractivity contribution in [2.24, 2.45) is 11.1 Å². The third kappa shape index (κ3) is 3.73. The van der Waals surface area contributed by atoms with Gasteiger partial charge in [0, 0.05) is 30.9 Å². The van der Waals surface area contributed by atoms with E-state index >= 15 is 4.39 Å². The number of hydrogen-bond acceptors (Lipinski definition) is 6. The molecule has 1 fully saturated rings. The minimum Gasteiger partial charge on any atom is -0.462 e. The topological polar surface area (TPSA) is 90.5 Å². The lowest BCUT2D eigenvalue weighted by Gasteiger charge is -2.27. The number of ether oxygens (including phenoxy) is 1. The minimum atomic E-state index is -0.728. The maximum atomic E-state index is 15.0. The van der Waals surface area contributed by atoms with Gasteiger partial charge < -0.3 is 19.9 Å². The first-order valence-corrected chi connectivity index (χ1v) is 9.81. The molecule has 2 aromatic rings. The third-order valence-corrected chi connectivity index (χ3v) is 5.45. The number of rotatable bonds is 3. The quantitative estimate of drug-likeness (QED) is 0.791. The Labute approximate surface area is 169 Å². The van der Waals surface area contributed by atoms with Gasteiger partial charge >= 0.3 is 5.97 Å². The number of nitrogens with two attached hydrogens (primary N) is 1. The van der Waals surface area contributed by atoms with Crippen LogP contribution in [0.4, 0.5) is 10.2 Å². The fourth-order valence-electron chi connectivity index (χ4n) is 3.62. The van der Waals surface area contributed by atoms with E-state index in [-0.39, 0.29) is 34.8 Å². The molecule has 2 N–H and O–H groups in total. The monoisotopic (exact) mass is 404 g/mol. The van der Waals surface area contributed by atoms with Gasteiger partial charge in [0.05, 0.1) is 12.0 Å². The zero-order chi connectivity index (χ0) is 21.7. The number of hydrogen-bond donors (Lipinski definition) is 1. The van der Waals surface area contributed by atoms with Crippen molar-refractivity contribution < 1.29 is 13.9 Å². The summed E-state index contributed by atoms with van der Waals surface area (Å²) in [6.45, 7) is 12.7. The Morgan fingerprint density at radius 1 is 1.41 bits per heavy atom. The number of fused-ring (bicyclic) bond motifs is 1. The summed E-state index contributed by atoms with van der Waals surface area (Å²) in [4.78, 5) is 31.5. The van der Waals surface area contributed by atoms with Gasteiger partial charge in [-0.3, -0.25) is 4.79 Å². The molecule has 3 heterocycles. The van der Waals surface area contributed by atoms with Gasteiger partial charge in [-0.1, -0.05) is 13.8 Å². The first kappa shape index (κ1) is 21.2. The van der Waals surface area contributed by atoms with E-state index in [1.54, 1.807) is 11.5 Å². The molecule has 2 aromatic heterocycles. The Hall–Kier alpha value is -2.48. The summed E-state index contributed by atoms with van der Waals surface area (Å²) in [5.74, 6) is -1.17. The highest BCUT2D eigenvalue weighted by atomic mass is 19.1. The van der Waals surface area contributed by atoms with Crippen LogP contribution < -0.4 is 16.1 Å². The molecule has 0 saturated carbocycles. The summed E-state index contributed by atoms with van der Waals surface area (Å²) in [7, 11) is 0. The van der Waals surface area contributed by atoms with E-state index in [1.165, 1.54) is 12.3 Å². The second-order valence-electron chi connectivity index (χ2n) is 9.27. The average molecular weight is 404 g/mol. The molecule has 7 nitrogen and oxygen atoms in total. The second-order valence-corrected chi connectivity index (χ2v) is 9.27. The summed E-state index contributed by atoms with van der Waals surface area (Å²) >= 11 is 0. The lowest BCUT2D eigenvalue weighted by Crippen LogP contribution is -2.35. The molecule has 0 unspecified atom stereocenters. The third-order valence-electron chi connectivity index (χ3n) is 5.45. The first-order chi connectivity index (χ1) is 13.4. The Balaban J connectivity index is 2.26. The fourth-order valence-corrected chi connectivity index (χ4v) is 3.62. The zero-order valence-electron chi connectivity index (χ0n) is 17.9. The van der Waals surface area contributed by atoms with Crippen LogP contribution in [0.1, 0.15) is 51.9 Å². The Bertz CT molecular complexity index is 1020. The molecule has 0 aliphatic carbocycles. The van der Waals surface area contributed by atoms with Crippen molar-refractivity contribution >= 4 is 22.8 Å². The number of esters is 1. The number of nitrogens with zero attached hydrogens (tertiary/aromatic N) is 3. The molecule has 8 heteroatoms. The Morgan fingerprint density at radius 2 is 2.07 bits per heavy atom. The van der Waals surface area contributed by atoms with E-state index in [4.69, 9.17) is 10.5 Å². The van der Waals surface area contributed by atoms with Gasteiger partial charge in [-0.15, -0.1) is 0 Å². The van der Waals surface area contributed by atoms with Crippen LogP contribution in [0.15, 0.2) is 17.1 Å². The number of carbonyl (C=O) groups excluding carboxylic acids is 1. The predicted octanol–water partition coefficient (Wildman–Crippen LogP) is 2.64. The summed E-state index contributed by atoms with van der Waals surface area (Å²) in [5.41, 5.74) is 5.13. The minimum absolute atomic E-state index is 0.0504. The van der Waals surface area contributed by atoms with Crippen LogP contribution in [0.5, 0.6) is 0 Å². The van der Waals surface area contributed by atoms with Gasteiger partial charge in [-0.05, 0) is 39.2 Å². The summed E-state index contributed by atoms with van der Waals surface area (Å²) in [6, 6.07) is 1.05. The average Bonchev–Trinajstić information content (AvgIpc) is 2.87. The lowest BCUT2D eigenvalue weighted by molar-refractivity contribution is 0.0524. The maximum Gasteiger partial charge on any atom is 0.343 e. The summed E-state index contributed by atoms with van der Waals surface area (Å²) in [6.07, 6.45) is 1.46. The number of anilines is 1. The largest absolute Gasteiger partial charge is 0.462 e. The molecule has 1 atom stereocenters. The molecule has 1 aliphatic rings. The number of aromatic nitrogens is 2. The summed E-state index contributed by atoms with van der Waals surface area (Å²) < 4.78 is 21.8. The van der Waals surface area contributed by atoms with Crippen molar-refractivity contribution in [1.29, 1.82) is 0 Å². The second kappa shape index (κ2) is 7.09. The highest BCUT2D eigenvalue weighted by Gasteiger charge is 2.38. The number of pyridine rings is 2. The van der Waals surface area contributed by atoms with Crippen LogP contribution in [0.2, 0.25) is 0 Å². The maximum absolute atomic E-state index is 15.0. The molecule has 158 valence electrons. The molecule has 0 radical (unpaired) electrons. The van der Waals surface area contributed by atoms with E-state index in [2.05, 4.69) is 4.98 Å². The molecule has 1 aliphatic heterocycles. The normalized spacial score (nSPS) is 19.0. The molecule has 0 amide bonds. The van der Waals surface area contributed by atoms with Crippen molar-refractivity contribution in [2.45, 2.75) is 53.1 Å². The van der Waals surface area contributed by atoms with Gasteiger partial charge in [-0.2, -0.15) is 0 Å². The van der Waals surface area contributed by atoms with E-state index in [9.17, 15) is 9.59 Å². The molecule has 1 saturated heterocycles. The van der Waals surface area contributed by atoms with Gasteiger partial charge in [0.1, 0.15) is 11.2 Å². The van der Waals surface area contributed by atoms with Gasteiger partial charge in [0.15, 0.2) is 11.6 Å². The van der Waals surface area contributed by atoms with E-state index in [1.807, 2.05) is 39.5 Å². The Kier molecular flexibility index (Phi) is 5.19.